The van der Waals surface area contributed by atoms with E-state index in [9.17, 15) is 13.2 Å². The third-order valence-electron chi connectivity index (χ3n) is 5.68. The minimum Gasteiger partial charge on any atom is -0.493 e. The molecule has 0 saturated carbocycles. The van der Waals surface area contributed by atoms with Crippen LogP contribution < -0.4 is 10.1 Å². The Hall–Kier alpha value is -2.85. The monoisotopic (exact) mass is 459 g/mol. The first-order valence-electron chi connectivity index (χ1n) is 10.8. The number of aromatic nitrogens is 2. The maximum atomic E-state index is 13.1. The molecule has 2 aromatic rings. The van der Waals surface area contributed by atoms with Crippen LogP contribution in [0.1, 0.15) is 38.3 Å². The summed E-state index contributed by atoms with van der Waals surface area (Å²) in [6.45, 7) is 6.86. The first kappa shape index (κ1) is 22.3. The average Bonchev–Trinajstić information content (AvgIpc) is 3.41. The van der Waals surface area contributed by atoms with Gasteiger partial charge in [0.1, 0.15) is 17.8 Å². The molecular weight excluding hydrogens is 430 g/mol. The molecule has 0 fully saturated rings. The van der Waals surface area contributed by atoms with Gasteiger partial charge in [0.15, 0.2) is 0 Å². The van der Waals surface area contributed by atoms with Crippen LogP contribution >= 0.6 is 0 Å². The molecule has 0 bridgehead atoms. The Bertz CT molecular complexity index is 1130. The first-order chi connectivity index (χ1) is 15.4. The van der Waals surface area contributed by atoms with E-state index in [2.05, 4.69) is 22.1 Å². The summed E-state index contributed by atoms with van der Waals surface area (Å²) in [5.74, 6) is 0.429. The van der Waals surface area contributed by atoms with E-state index in [-0.39, 0.29) is 10.8 Å². The highest BCUT2D eigenvalue weighted by Crippen LogP contribution is 2.39. The van der Waals surface area contributed by atoms with Gasteiger partial charge in [-0.1, -0.05) is 13.8 Å². The Morgan fingerprint density at radius 2 is 2.06 bits per heavy atom. The van der Waals surface area contributed by atoms with Crippen LogP contribution in [0.25, 0.3) is 0 Å². The lowest BCUT2D eigenvalue weighted by Gasteiger charge is -2.35. The highest BCUT2D eigenvalue weighted by molar-refractivity contribution is 7.90. The summed E-state index contributed by atoms with van der Waals surface area (Å²) in [6.07, 6.45) is 5.89. The largest absolute Gasteiger partial charge is 0.493 e. The van der Waals surface area contributed by atoms with E-state index in [1.165, 1.54) is 24.8 Å². The van der Waals surface area contributed by atoms with Gasteiger partial charge in [-0.2, -0.15) is 0 Å². The molecule has 1 aromatic carbocycles. The smallest absolute Gasteiger partial charge is 0.268 e. The maximum absolute atomic E-state index is 13.1. The second-order valence-electron chi connectivity index (χ2n) is 8.12. The first-order valence-corrected chi connectivity index (χ1v) is 12.3. The number of ether oxygens (including phenoxy) is 1. The lowest BCUT2D eigenvalue weighted by atomic mass is 9.97. The predicted molar refractivity (Wildman–Crippen MR) is 119 cm³/mol. The summed E-state index contributed by atoms with van der Waals surface area (Å²) in [5.41, 5.74) is 2.24. The van der Waals surface area contributed by atoms with Crippen LogP contribution in [-0.4, -0.2) is 66.5 Å². The highest BCUT2D eigenvalue weighted by Gasteiger charge is 2.40. The summed E-state index contributed by atoms with van der Waals surface area (Å²) in [5, 5.41) is 3.06. The van der Waals surface area contributed by atoms with Crippen molar-refractivity contribution in [1.29, 1.82) is 0 Å². The third kappa shape index (κ3) is 4.00. The van der Waals surface area contributed by atoms with Crippen LogP contribution in [0.15, 0.2) is 53.1 Å². The number of hydrogen-bond acceptors (Lipinski definition) is 7. The second-order valence-corrected chi connectivity index (χ2v) is 9.96. The SMILES string of the molecule is CCCOc1ccc(S(=O)(=O)n2ccnc2)cc1C1NC(=O)C2=C1CN(CCC)CN2C. The number of imidazole rings is 1. The fourth-order valence-corrected chi connectivity index (χ4v) is 5.47. The number of nitrogens with zero attached hydrogens (tertiary/aromatic N) is 4. The number of benzene rings is 1. The van der Waals surface area contributed by atoms with Gasteiger partial charge >= 0.3 is 0 Å². The highest BCUT2D eigenvalue weighted by atomic mass is 32.2. The van der Waals surface area contributed by atoms with E-state index in [1.54, 1.807) is 12.1 Å². The van der Waals surface area contributed by atoms with Crippen molar-refractivity contribution in [2.24, 2.45) is 0 Å². The van der Waals surface area contributed by atoms with Gasteiger partial charge < -0.3 is 15.0 Å². The molecule has 0 aliphatic carbocycles. The second kappa shape index (κ2) is 8.95. The molecule has 2 aliphatic rings. The quantitative estimate of drug-likeness (QED) is 0.644. The van der Waals surface area contributed by atoms with Crippen molar-refractivity contribution in [3.8, 4) is 5.75 Å². The molecule has 4 rings (SSSR count). The molecule has 0 saturated heterocycles. The van der Waals surface area contributed by atoms with Crippen LogP contribution in [0.3, 0.4) is 0 Å². The number of carbonyl (C=O) groups is 1. The van der Waals surface area contributed by atoms with E-state index >= 15 is 0 Å². The fraction of sp³-hybridized carbons (Fsp3) is 0.455. The van der Waals surface area contributed by atoms with E-state index in [1.807, 2.05) is 18.9 Å². The van der Waals surface area contributed by atoms with Gasteiger partial charge in [0.25, 0.3) is 15.9 Å². The van der Waals surface area contributed by atoms with Crippen LogP contribution in [0.5, 0.6) is 5.75 Å². The molecule has 1 amide bonds. The normalized spacial score (nSPS) is 19.3. The zero-order valence-corrected chi connectivity index (χ0v) is 19.4. The minimum atomic E-state index is -3.81. The van der Waals surface area contributed by atoms with Crippen molar-refractivity contribution >= 4 is 15.9 Å². The Labute approximate surface area is 188 Å². The molecule has 32 heavy (non-hydrogen) atoms. The summed E-state index contributed by atoms with van der Waals surface area (Å²) in [7, 11) is -1.90. The van der Waals surface area contributed by atoms with Crippen LogP contribution in [0.4, 0.5) is 0 Å². The van der Waals surface area contributed by atoms with Crippen LogP contribution in [-0.2, 0) is 14.8 Å². The van der Waals surface area contributed by atoms with Gasteiger partial charge in [0.05, 0.1) is 24.2 Å². The molecule has 9 nitrogen and oxygen atoms in total. The van der Waals surface area contributed by atoms with Gasteiger partial charge in [-0.3, -0.25) is 9.69 Å². The van der Waals surface area contributed by atoms with Gasteiger partial charge in [0, 0.05) is 31.5 Å². The zero-order chi connectivity index (χ0) is 22.9. The van der Waals surface area contributed by atoms with Gasteiger partial charge in [-0.15, -0.1) is 0 Å². The molecule has 3 heterocycles. The molecule has 10 heteroatoms. The molecule has 2 aliphatic heterocycles. The molecule has 1 N–H and O–H groups in total. The summed E-state index contributed by atoms with van der Waals surface area (Å²) >= 11 is 0. The van der Waals surface area contributed by atoms with Gasteiger partial charge in [-0.25, -0.2) is 17.4 Å². The van der Waals surface area contributed by atoms with Crippen molar-refractivity contribution in [2.75, 3.05) is 33.4 Å². The molecule has 1 atom stereocenters. The van der Waals surface area contributed by atoms with Gasteiger partial charge in [-0.05, 0) is 43.2 Å². The fourth-order valence-electron chi connectivity index (χ4n) is 4.31. The number of rotatable bonds is 8. The molecule has 1 aromatic heterocycles. The number of carbonyl (C=O) groups excluding carboxylic acids is 1. The Morgan fingerprint density at radius 3 is 2.75 bits per heavy atom. The van der Waals surface area contributed by atoms with Crippen molar-refractivity contribution < 1.29 is 17.9 Å². The Balaban J connectivity index is 1.79. The van der Waals surface area contributed by atoms with E-state index < -0.39 is 16.1 Å². The van der Waals surface area contributed by atoms with Crippen molar-refractivity contribution in [3.63, 3.8) is 0 Å². The van der Waals surface area contributed by atoms with E-state index in [0.29, 0.717) is 36.8 Å². The topological polar surface area (TPSA) is 96.8 Å². The van der Waals surface area contributed by atoms with Crippen LogP contribution in [0.2, 0.25) is 0 Å². The van der Waals surface area contributed by atoms with Crippen LogP contribution in [0, 0.1) is 0 Å². The minimum absolute atomic E-state index is 0.118. The Kier molecular flexibility index (Phi) is 6.25. The molecule has 0 radical (unpaired) electrons. The zero-order valence-electron chi connectivity index (χ0n) is 18.6. The lowest BCUT2D eigenvalue weighted by molar-refractivity contribution is -0.118. The molecular formula is C22H29N5O4S. The maximum Gasteiger partial charge on any atom is 0.268 e. The summed E-state index contributed by atoms with van der Waals surface area (Å²) in [6, 6.07) is 4.37. The summed E-state index contributed by atoms with van der Waals surface area (Å²) in [4.78, 5) is 21.1. The number of amides is 1. The number of hydrogen-bond donors (Lipinski definition) is 1. The predicted octanol–water partition coefficient (Wildman–Crippen LogP) is 1.95. The van der Waals surface area contributed by atoms with Crippen molar-refractivity contribution in [3.05, 3.63) is 53.8 Å². The molecule has 172 valence electrons. The van der Waals surface area contributed by atoms with E-state index in [0.717, 1.165) is 28.9 Å². The molecule has 1 unspecified atom stereocenters. The molecule has 0 spiro atoms. The van der Waals surface area contributed by atoms with E-state index in [4.69, 9.17) is 4.74 Å². The Morgan fingerprint density at radius 1 is 1.25 bits per heavy atom. The van der Waals surface area contributed by atoms with Gasteiger partial charge in [0.2, 0.25) is 0 Å². The average molecular weight is 460 g/mol. The number of likely N-dealkylation sites (N-methyl/N-ethyl adjacent to an activating group) is 1. The third-order valence-corrected chi connectivity index (χ3v) is 7.30. The number of nitrogens with one attached hydrogen (secondary N) is 1. The standard InChI is InChI=1S/C22H29N5O4S/c1-4-9-26-13-18-20(24-22(28)21(18)25(3)15-26)17-12-16(6-7-19(17)31-11-5-2)32(29,30)27-10-8-23-14-27/h6-8,10,12,14,20H,4-5,9,11,13,15H2,1-3H3,(H,24,28). The van der Waals surface area contributed by atoms with Crippen molar-refractivity contribution in [1.82, 2.24) is 24.1 Å². The van der Waals surface area contributed by atoms with Crippen molar-refractivity contribution in [2.45, 2.75) is 37.6 Å². The summed E-state index contributed by atoms with van der Waals surface area (Å²) < 4.78 is 33.2. The lowest BCUT2D eigenvalue weighted by Crippen LogP contribution is -2.43.